The molecule has 3 heteroatoms. The fourth-order valence-corrected chi connectivity index (χ4v) is 3.40. The predicted molar refractivity (Wildman–Crippen MR) is 91.2 cm³/mol. The van der Waals surface area contributed by atoms with Crippen molar-refractivity contribution in [3.63, 3.8) is 0 Å². The van der Waals surface area contributed by atoms with Crippen molar-refractivity contribution in [3.8, 4) is 0 Å². The van der Waals surface area contributed by atoms with Gasteiger partial charge in [0, 0.05) is 23.7 Å². The summed E-state index contributed by atoms with van der Waals surface area (Å²) in [6.45, 7) is 0.823. The Kier molecular flexibility index (Phi) is 3.54. The minimum absolute atomic E-state index is 0.124. The van der Waals surface area contributed by atoms with Gasteiger partial charge in [0.05, 0.1) is 11.6 Å². The lowest BCUT2D eigenvalue weighted by atomic mass is 10.0. The molecule has 1 amide bonds. The van der Waals surface area contributed by atoms with Crippen molar-refractivity contribution >= 4 is 16.8 Å². The summed E-state index contributed by atoms with van der Waals surface area (Å²) in [6, 6.07) is 20.1. The third kappa shape index (κ3) is 2.59. The van der Waals surface area contributed by atoms with E-state index in [2.05, 4.69) is 23.2 Å². The van der Waals surface area contributed by atoms with E-state index in [1.807, 2.05) is 53.6 Å². The first-order valence-corrected chi connectivity index (χ1v) is 8.03. The van der Waals surface area contributed by atoms with Gasteiger partial charge in [0.15, 0.2) is 0 Å². The highest BCUT2D eigenvalue weighted by Gasteiger charge is 2.30. The number of amides is 1. The molecule has 1 aliphatic rings. The van der Waals surface area contributed by atoms with Crippen LogP contribution in [0.15, 0.2) is 66.9 Å². The van der Waals surface area contributed by atoms with Gasteiger partial charge in [0.2, 0.25) is 0 Å². The Morgan fingerprint density at radius 2 is 1.91 bits per heavy atom. The SMILES string of the molecule is O=C(c1ccccc1)N1CCC[C@H]1c1ccc2ncccc2c1. The maximum atomic E-state index is 12.8. The Morgan fingerprint density at radius 1 is 1.04 bits per heavy atom. The molecule has 3 aromatic rings. The Hall–Kier alpha value is -2.68. The molecule has 0 spiro atoms. The number of pyridine rings is 1. The highest BCUT2D eigenvalue weighted by Crippen LogP contribution is 2.34. The number of aromatic nitrogens is 1. The van der Waals surface area contributed by atoms with Crippen molar-refractivity contribution in [1.82, 2.24) is 9.88 Å². The maximum Gasteiger partial charge on any atom is 0.254 e. The third-order valence-electron chi connectivity index (χ3n) is 4.55. The molecule has 23 heavy (non-hydrogen) atoms. The standard InChI is InChI=1S/C20H18N2O/c23-20(15-6-2-1-3-7-15)22-13-5-9-19(22)17-10-11-18-16(14-17)8-4-12-21-18/h1-4,6-8,10-12,14,19H,5,9,13H2/t19-/m0/s1. The number of hydrogen-bond acceptors (Lipinski definition) is 2. The van der Waals surface area contributed by atoms with Gasteiger partial charge in [-0.15, -0.1) is 0 Å². The van der Waals surface area contributed by atoms with Crippen LogP contribution in [0.1, 0.15) is 34.8 Å². The first-order chi connectivity index (χ1) is 11.3. The Bertz CT molecular complexity index is 844. The smallest absolute Gasteiger partial charge is 0.254 e. The Labute approximate surface area is 135 Å². The van der Waals surface area contributed by atoms with Crippen molar-refractivity contribution in [1.29, 1.82) is 0 Å². The lowest BCUT2D eigenvalue weighted by Gasteiger charge is -2.25. The second-order valence-corrected chi connectivity index (χ2v) is 5.98. The van der Waals surface area contributed by atoms with Crippen molar-refractivity contribution < 1.29 is 4.79 Å². The van der Waals surface area contributed by atoms with Crippen LogP contribution in [0.25, 0.3) is 10.9 Å². The predicted octanol–water partition coefficient (Wildman–Crippen LogP) is 4.21. The molecule has 0 saturated carbocycles. The number of carbonyl (C=O) groups is 1. The number of benzene rings is 2. The first kappa shape index (κ1) is 13.9. The fraction of sp³-hybridized carbons (Fsp3) is 0.200. The summed E-state index contributed by atoms with van der Waals surface area (Å²) in [5.74, 6) is 0.124. The molecular weight excluding hydrogens is 284 g/mol. The number of likely N-dealkylation sites (tertiary alicyclic amines) is 1. The van der Waals surface area contributed by atoms with Gasteiger partial charge in [-0.2, -0.15) is 0 Å². The third-order valence-corrected chi connectivity index (χ3v) is 4.55. The van der Waals surface area contributed by atoms with Gasteiger partial charge in [-0.3, -0.25) is 9.78 Å². The van der Waals surface area contributed by atoms with E-state index in [0.29, 0.717) is 0 Å². The van der Waals surface area contributed by atoms with Crippen LogP contribution in [-0.2, 0) is 0 Å². The van der Waals surface area contributed by atoms with Crippen LogP contribution in [0.5, 0.6) is 0 Å². The lowest BCUT2D eigenvalue weighted by molar-refractivity contribution is 0.0735. The van der Waals surface area contributed by atoms with Crippen LogP contribution < -0.4 is 0 Å². The average Bonchev–Trinajstić information content (AvgIpc) is 3.11. The molecule has 1 fully saturated rings. The van der Waals surface area contributed by atoms with Gasteiger partial charge in [-0.25, -0.2) is 0 Å². The van der Waals surface area contributed by atoms with E-state index in [1.165, 1.54) is 5.56 Å². The summed E-state index contributed by atoms with van der Waals surface area (Å²) in [5.41, 5.74) is 2.96. The lowest BCUT2D eigenvalue weighted by Crippen LogP contribution is -2.30. The van der Waals surface area contributed by atoms with E-state index in [9.17, 15) is 4.79 Å². The molecule has 2 aromatic carbocycles. The normalized spacial score (nSPS) is 17.6. The van der Waals surface area contributed by atoms with Crippen molar-refractivity contribution in [2.24, 2.45) is 0 Å². The van der Waals surface area contributed by atoms with Gasteiger partial charge >= 0.3 is 0 Å². The minimum Gasteiger partial charge on any atom is -0.332 e. The second kappa shape index (κ2) is 5.84. The number of rotatable bonds is 2. The number of carbonyl (C=O) groups excluding carboxylic acids is 1. The van der Waals surface area contributed by atoms with Gasteiger partial charge < -0.3 is 4.90 Å². The van der Waals surface area contributed by atoms with E-state index in [4.69, 9.17) is 0 Å². The molecular formula is C20H18N2O. The highest BCUT2D eigenvalue weighted by molar-refractivity contribution is 5.94. The molecule has 4 rings (SSSR count). The molecule has 0 bridgehead atoms. The van der Waals surface area contributed by atoms with E-state index >= 15 is 0 Å². The molecule has 2 heterocycles. The van der Waals surface area contributed by atoms with Crippen molar-refractivity contribution in [2.45, 2.75) is 18.9 Å². The van der Waals surface area contributed by atoms with Crippen molar-refractivity contribution in [3.05, 3.63) is 78.0 Å². The van der Waals surface area contributed by atoms with E-state index in [-0.39, 0.29) is 11.9 Å². The van der Waals surface area contributed by atoms with Gasteiger partial charge in [0.25, 0.3) is 5.91 Å². The quantitative estimate of drug-likeness (QED) is 0.710. The number of hydrogen-bond donors (Lipinski definition) is 0. The molecule has 0 N–H and O–H groups in total. The fourth-order valence-electron chi connectivity index (χ4n) is 3.40. The summed E-state index contributed by atoms with van der Waals surface area (Å²) in [7, 11) is 0. The van der Waals surface area contributed by atoms with Gasteiger partial charge in [-0.05, 0) is 48.7 Å². The zero-order valence-electron chi connectivity index (χ0n) is 12.9. The average molecular weight is 302 g/mol. The Morgan fingerprint density at radius 3 is 2.78 bits per heavy atom. The molecule has 1 saturated heterocycles. The van der Waals surface area contributed by atoms with Crippen molar-refractivity contribution in [2.75, 3.05) is 6.54 Å². The molecule has 0 unspecified atom stereocenters. The number of nitrogens with zero attached hydrogens (tertiary/aromatic N) is 2. The van der Waals surface area contributed by atoms with E-state index < -0.39 is 0 Å². The number of fused-ring (bicyclic) bond motifs is 1. The molecule has 1 aromatic heterocycles. The van der Waals surface area contributed by atoms with Crippen LogP contribution in [0.4, 0.5) is 0 Å². The van der Waals surface area contributed by atoms with Crippen LogP contribution in [0, 0.1) is 0 Å². The highest BCUT2D eigenvalue weighted by atomic mass is 16.2. The molecule has 0 radical (unpaired) electrons. The summed E-state index contributed by atoms with van der Waals surface area (Å²) in [4.78, 5) is 19.2. The molecule has 0 aliphatic carbocycles. The van der Waals surface area contributed by atoms with Crippen LogP contribution in [0.3, 0.4) is 0 Å². The zero-order valence-corrected chi connectivity index (χ0v) is 12.9. The molecule has 1 atom stereocenters. The topological polar surface area (TPSA) is 33.2 Å². The molecule has 1 aliphatic heterocycles. The first-order valence-electron chi connectivity index (χ1n) is 8.03. The zero-order chi connectivity index (χ0) is 15.6. The van der Waals surface area contributed by atoms with Gasteiger partial charge in [0.1, 0.15) is 0 Å². The summed E-state index contributed by atoms with van der Waals surface area (Å²) in [5, 5.41) is 1.13. The summed E-state index contributed by atoms with van der Waals surface area (Å²) >= 11 is 0. The molecule has 3 nitrogen and oxygen atoms in total. The van der Waals surface area contributed by atoms with Crippen LogP contribution in [0.2, 0.25) is 0 Å². The van der Waals surface area contributed by atoms with Crippen LogP contribution >= 0.6 is 0 Å². The van der Waals surface area contributed by atoms with Crippen LogP contribution in [-0.4, -0.2) is 22.3 Å². The Balaban J connectivity index is 1.67. The summed E-state index contributed by atoms with van der Waals surface area (Å²) < 4.78 is 0. The van der Waals surface area contributed by atoms with Gasteiger partial charge in [-0.1, -0.05) is 30.3 Å². The van der Waals surface area contributed by atoms with E-state index in [1.54, 1.807) is 0 Å². The van der Waals surface area contributed by atoms with E-state index in [0.717, 1.165) is 35.9 Å². The second-order valence-electron chi connectivity index (χ2n) is 5.98. The molecule has 114 valence electrons. The summed E-state index contributed by atoms with van der Waals surface area (Å²) in [6.07, 6.45) is 3.88. The largest absolute Gasteiger partial charge is 0.332 e. The maximum absolute atomic E-state index is 12.8. The monoisotopic (exact) mass is 302 g/mol. The minimum atomic E-state index is 0.124.